The Kier molecular flexibility index (Phi) is 8.14. The minimum Gasteiger partial charge on any atom is -0.345 e. The largest absolute Gasteiger partial charge is 0.345 e. The average Bonchev–Trinajstić information content (AvgIpc) is 3.23. The van der Waals surface area contributed by atoms with Crippen LogP contribution in [0.1, 0.15) is 66.0 Å². The summed E-state index contributed by atoms with van der Waals surface area (Å²) in [5.41, 5.74) is 1.19. The summed E-state index contributed by atoms with van der Waals surface area (Å²) in [6.45, 7) is 4.22. The van der Waals surface area contributed by atoms with Gasteiger partial charge in [0.2, 0.25) is 11.0 Å². The number of carbonyl (C=O) groups is 2. The quantitative estimate of drug-likeness (QED) is 0.439. The summed E-state index contributed by atoms with van der Waals surface area (Å²) in [5.74, 6) is -0.241. The second kappa shape index (κ2) is 11.0. The maximum absolute atomic E-state index is 12.8. The van der Waals surface area contributed by atoms with Gasteiger partial charge in [-0.15, -0.1) is 10.2 Å². The summed E-state index contributed by atoms with van der Waals surface area (Å²) in [4.78, 5) is 25.5. The Bertz CT molecular complexity index is 1020. The molecule has 0 saturated heterocycles. The molecule has 1 heterocycles. The van der Waals surface area contributed by atoms with Crippen molar-refractivity contribution in [1.29, 1.82) is 0 Å². The monoisotopic (exact) mass is 456 g/mol. The maximum Gasteiger partial charge on any atom is 0.253 e. The maximum atomic E-state index is 12.8. The minimum absolute atomic E-state index is 0.0557. The molecule has 0 spiro atoms. The second-order valence-corrected chi connectivity index (χ2v) is 8.54. The zero-order chi connectivity index (χ0) is 22.2. The number of benzene rings is 2. The van der Waals surface area contributed by atoms with Gasteiger partial charge in [-0.05, 0) is 30.5 Å². The zero-order valence-electron chi connectivity index (χ0n) is 17.5. The lowest BCUT2D eigenvalue weighted by atomic mass is 10.0. The molecule has 3 rings (SSSR count). The Labute approximate surface area is 191 Å². The Hall–Kier alpha value is -2.77. The van der Waals surface area contributed by atoms with Crippen molar-refractivity contribution in [2.24, 2.45) is 0 Å². The van der Waals surface area contributed by atoms with Gasteiger partial charge in [0.15, 0.2) is 0 Å². The summed E-state index contributed by atoms with van der Waals surface area (Å²) in [5, 5.41) is 15.8. The molecule has 0 aliphatic rings. The first-order valence-electron chi connectivity index (χ1n) is 10.2. The van der Waals surface area contributed by atoms with Crippen LogP contribution >= 0.6 is 22.9 Å². The first-order chi connectivity index (χ1) is 15.0. The fourth-order valence-electron chi connectivity index (χ4n) is 3.26. The number of nitrogens with zero attached hydrogens (tertiary/aromatic N) is 2. The molecule has 6 nitrogen and oxygen atoms in total. The van der Waals surface area contributed by atoms with Gasteiger partial charge in [-0.2, -0.15) is 0 Å². The van der Waals surface area contributed by atoms with Gasteiger partial charge in [-0.25, -0.2) is 0 Å². The van der Waals surface area contributed by atoms with Crippen molar-refractivity contribution in [3.63, 3.8) is 0 Å². The van der Waals surface area contributed by atoms with Crippen LogP contribution < -0.4 is 10.6 Å². The van der Waals surface area contributed by atoms with Gasteiger partial charge in [0.05, 0.1) is 23.0 Å². The van der Waals surface area contributed by atoms with Gasteiger partial charge >= 0.3 is 0 Å². The second-order valence-electron chi connectivity index (χ2n) is 7.13. The van der Waals surface area contributed by atoms with Crippen molar-refractivity contribution in [3.8, 4) is 0 Å². The summed E-state index contributed by atoms with van der Waals surface area (Å²) in [6, 6.07) is 15.7. The molecule has 162 valence electrons. The minimum atomic E-state index is -0.517. The highest BCUT2D eigenvalue weighted by Gasteiger charge is 2.21. The average molecular weight is 457 g/mol. The third-order valence-electron chi connectivity index (χ3n) is 5.04. The van der Waals surface area contributed by atoms with Crippen LogP contribution in [0.25, 0.3) is 0 Å². The molecule has 0 aliphatic heterocycles. The molecule has 2 aromatic carbocycles. The van der Waals surface area contributed by atoms with Crippen LogP contribution in [0.2, 0.25) is 5.02 Å². The number of hydrogen-bond donors (Lipinski definition) is 2. The molecule has 0 saturated carbocycles. The highest BCUT2D eigenvalue weighted by atomic mass is 35.5. The van der Waals surface area contributed by atoms with E-state index in [2.05, 4.69) is 34.7 Å². The lowest BCUT2D eigenvalue weighted by Crippen LogP contribution is -2.31. The smallest absolute Gasteiger partial charge is 0.253 e. The first-order valence-corrected chi connectivity index (χ1v) is 11.4. The SMILES string of the molecule is CCC(CC)c1nnc(NC(=O)C[C@@H](NC(=O)c2ccccc2Cl)c2ccccc2)s1. The molecule has 0 bridgehead atoms. The van der Waals surface area contributed by atoms with E-state index in [0.29, 0.717) is 21.6 Å². The van der Waals surface area contributed by atoms with Crippen molar-refractivity contribution in [2.75, 3.05) is 5.32 Å². The van der Waals surface area contributed by atoms with E-state index in [9.17, 15) is 9.59 Å². The Morgan fingerprint density at radius 3 is 2.35 bits per heavy atom. The van der Waals surface area contributed by atoms with E-state index in [0.717, 1.165) is 23.4 Å². The van der Waals surface area contributed by atoms with Gasteiger partial charge in [-0.1, -0.05) is 79.2 Å². The number of nitrogens with one attached hydrogen (secondary N) is 2. The molecule has 3 aromatic rings. The molecule has 0 unspecified atom stereocenters. The number of anilines is 1. The van der Waals surface area contributed by atoms with E-state index in [4.69, 9.17) is 11.6 Å². The Morgan fingerprint density at radius 2 is 1.68 bits per heavy atom. The van der Waals surface area contributed by atoms with Crippen LogP contribution in [-0.4, -0.2) is 22.0 Å². The standard InChI is InChI=1S/C23H25ClN4O2S/c1-3-15(4-2)22-27-28-23(31-22)26-20(29)14-19(16-10-6-5-7-11-16)25-21(30)17-12-8-9-13-18(17)24/h5-13,15,19H,3-4,14H2,1-2H3,(H,25,30)(H,26,28,29)/t19-/m1/s1. The Balaban J connectivity index is 1.72. The molecule has 1 atom stereocenters. The van der Waals surface area contributed by atoms with E-state index in [1.165, 1.54) is 11.3 Å². The van der Waals surface area contributed by atoms with Crippen molar-refractivity contribution in [1.82, 2.24) is 15.5 Å². The topological polar surface area (TPSA) is 84.0 Å². The van der Waals surface area contributed by atoms with Gasteiger partial charge in [-0.3, -0.25) is 9.59 Å². The normalized spacial score (nSPS) is 11.9. The van der Waals surface area contributed by atoms with Gasteiger partial charge in [0.1, 0.15) is 5.01 Å². The summed E-state index contributed by atoms with van der Waals surface area (Å²) in [7, 11) is 0. The highest BCUT2D eigenvalue weighted by molar-refractivity contribution is 7.15. The van der Waals surface area contributed by atoms with Crippen molar-refractivity contribution >= 4 is 39.9 Å². The fourth-order valence-corrected chi connectivity index (χ4v) is 4.51. The van der Waals surface area contributed by atoms with Crippen molar-refractivity contribution < 1.29 is 9.59 Å². The molecule has 31 heavy (non-hydrogen) atoms. The number of carbonyl (C=O) groups excluding carboxylic acids is 2. The van der Waals surface area contributed by atoms with Crippen LogP contribution in [0.4, 0.5) is 5.13 Å². The van der Waals surface area contributed by atoms with E-state index < -0.39 is 6.04 Å². The lowest BCUT2D eigenvalue weighted by Gasteiger charge is -2.19. The predicted octanol–water partition coefficient (Wildman–Crippen LogP) is 5.60. The predicted molar refractivity (Wildman–Crippen MR) is 125 cm³/mol. The van der Waals surface area contributed by atoms with E-state index in [1.54, 1.807) is 24.3 Å². The fraction of sp³-hybridized carbons (Fsp3) is 0.304. The third kappa shape index (κ3) is 6.12. The molecule has 8 heteroatoms. The van der Waals surface area contributed by atoms with Crippen LogP contribution in [-0.2, 0) is 4.79 Å². The van der Waals surface area contributed by atoms with Crippen LogP contribution in [0, 0.1) is 0 Å². The molecular formula is C23H25ClN4O2S. The molecule has 0 aliphatic carbocycles. The number of halogens is 1. The first kappa shape index (κ1) is 22.9. The third-order valence-corrected chi connectivity index (χ3v) is 6.37. The summed E-state index contributed by atoms with van der Waals surface area (Å²) in [6.07, 6.45) is 2.01. The van der Waals surface area contributed by atoms with Gasteiger partial charge < -0.3 is 10.6 Å². The Morgan fingerprint density at radius 1 is 1.00 bits per heavy atom. The number of amides is 2. The summed E-state index contributed by atoms with van der Waals surface area (Å²) < 4.78 is 0. The van der Waals surface area contributed by atoms with Crippen LogP contribution in [0.3, 0.4) is 0 Å². The van der Waals surface area contributed by atoms with Crippen molar-refractivity contribution in [2.45, 2.75) is 45.1 Å². The molecular weight excluding hydrogens is 432 g/mol. The van der Waals surface area contributed by atoms with E-state index >= 15 is 0 Å². The highest BCUT2D eigenvalue weighted by Crippen LogP contribution is 2.28. The molecule has 2 N–H and O–H groups in total. The van der Waals surface area contributed by atoms with E-state index in [1.807, 2.05) is 30.3 Å². The van der Waals surface area contributed by atoms with Crippen LogP contribution in [0.15, 0.2) is 54.6 Å². The van der Waals surface area contributed by atoms with Crippen LogP contribution in [0.5, 0.6) is 0 Å². The van der Waals surface area contributed by atoms with Crippen molar-refractivity contribution in [3.05, 3.63) is 75.8 Å². The number of rotatable bonds is 9. The number of hydrogen-bond acceptors (Lipinski definition) is 5. The molecule has 0 fully saturated rings. The summed E-state index contributed by atoms with van der Waals surface area (Å²) >= 11 is 7.55. The molecule has 1 aromatic heterocycles. The van der Waals surface area contributed by atoms with E-state index in [-0.39, 0.29) is 18.2 Å². The number of aromatic nitrogens is 2. The molecule has 2 amide bonds. The molecule has 0 radical (unpaired) electrons. The zero-order valence-corrected chi connectivity index (χ0v) is 19.0. The van der Waals surface area contributed by atoms with Gasteiger partial charge in [0, 0.05) is 5.92 Å². The van der Waals surface area contributed by atoms with Gasteiger partial charge in [0.25, 0.3) is 5.91 Å². The lowest BCUT2D eigenvalue weighted by molar-refractivity contribution is -0.116.